The van der Waals surface area contributed by atoms with Crippen molar-refractivity contribution < 1.29 is 44.7 Å². The van der Waals surface area contributed by atoms with Gasteiger partial charge in [-0.25, -0.2) is 25.6 Å². The van der Waals surface area contributed by atoms with Gasteiger partial charge in [-0.2, -0.15) is 8.61 Å². The van der Waals surface area contributed by atoms with E-state index in [0.29, 0.717) is 63.1 Å². The molecule has 8 atom stereocenters. The van der Waals surface area contributed by atoms with E-state index in [9.17, 15) is 35.2 Å². The summed E-state index contributed by atoms with van der Waals surface area (Å²) in [6, 6.07) is 6.94. The molecule has 18 heteroatoms. The molecule has 52 heavy (non-hydrogen) atoms. The molecule has 2 aromatic rings. The van der Waals surface area contributed by atoms with Crippen molar-refractivity contribution >= 4 is 31.9 Å². The molecule has 4 fully saturated rings. The molecule has 0 bridgehead atoms. The molecule has 0 saturated carbocycles. The standard InChI is InChI=1S/C34H46F2N6O8S2/c1-51(45,46)41-19-29(49-23-11-7-21(35)8-12-23)31-27(41)15-17-39(31)33(43)25(37)5-3-4-6-26(38)34(44)40-18-16-28-32(40)30(20-42(28)52(2,47)48)50-24-13-9-22(36)10-14-24/h7-14,25-32H,3-6,15-20,37-38H2,1-2H3/t25?,26?,27-,28-,29+,30+,31+,32+/m1/s1. The van der Waals surface area contributed by atoms with E-state index in [1.807, 2.05) is 0 Å². The quantitative estimate of drug-likeness (QED) is 0.277. The summed E-state index contributed by atoms with van der Waals surface area (Å²) in [5, 5.41) is 0. The van der Waals surface area contributed by atoms with Crippen LogP contribution in [0.2, 0.25) is 0 Å². The number of unbranched alkanes of at least 4 members (excludes halogenated alkanes) is 1. The summed E-state index contributed by atoms with van der Waals surface area (Å²) in [7, 11) is -7.20. The Balaban J connectivity index is 1.03. The highest BCUT2D eigenvalue weighted by atomic mass is 32.2. The van der Waals surface area contributed by atoms with Crippen molar-refractivity contribution in [2.45, 2.75) is 87.0 Å². The van der Waals surface area contributed by atoms with Crippen LogP contribution < -0.4 is 20.9 Å². The first-order valence-electron chi connectivity index (χ1n) is 17.4. The maximum atomic E-state index is 13.6. The maximum absolute atomic E-state index is 13.6. The molecule has 2 aromatic carbocycles. The fourth-order valence-electron chi connectivity index (χ4n) is 8.23. The van der Waals surface area contributed by atoms with Gasteiger partial charge < -0.3 is 30.7 Å². The lowest BCUT2D eigenvalue weighted by Crippen LogP contribution is -2.52. The van der Waals surface area contributed by atoms with Crippen molar-refractivity contribution in [1.29, 1.82) is 0 Å². The Morgan fingerprint density at radius 3 is 1.37 bits per heavy atom. The third-order valence-electron chi connectivity index (χ3n) is 10.6. The molecule has 0 aliphatic carbocycles. The highest BCUT2D eigenvalue weighted by Crippen LogP contribution is 2.38. The van der Waals surface area contributed by atoms with Crippen molar-refractivity contribution in [2.24, 2.45) is 11.5 Å². The Morgan fingerprint density at radius 1 is 0.692 bits per heavy atom. The fraction of sp³-hybridized carbons (Fsp3) is 0.588. The number of hydrogen-bond acceptors (Lipinski definition) is 10. The first-order valence-corrected chi connectivity index (χ1v) is 21.1. The number of hydrogen-bond donors (Lipinski definition) is 2. The van der Waals surface area contributed by atoms with Crippen LogP contribution >= 0.6 is 0 Å². The highest BCUT2D eigenvalue weighted by Gasteiger charge is 2.56. The van der Waals surface area contributed by atoms with Crippen LogP contribution in [0.5, 0.6) is 11.5 Å². The lowest BCUT2D eigenvalue weighted by Gasteiger charge is -2.31. The lowest BCUT2D eigenvalue weighted by molar-refractivity contribution is -0.135. The van der Waals surface area contributed by atoms with Crippen molar-refractivity contribution in [3.63, 3.8) is 0 Å². The number of likely N-dealkylation sites (tertiary alicyclic amines) is 2. The molecule has 0 spiro atoms. The normalized spacial score (nSPS) is 27.7. The second-order valence-electron chi connectivity index (χ2n) is 14.1. The molecule has 2 amide bonds. The number of carbonyl (C=O) groups is 2. The van der Waals surface area contributed by atoms with Gasteiger partial charge in [0.05, 0.1) is 61.9 Å². The molecule has 4 saturated heterocycles. The van der Waals surface area contributed by atoms with Crippen LogP contribution in [-0.2, 0) is 29.6 Å². The third-order valence-corrected chi connectivity index (χ3v) is 13.1. The van der Waals surface area contributed by atoms with E-state index in [2.05, 4.69) is 0 Å². The van der Waals surface area contributed by atoms with Gasteiger partial charge in [0.1, 0.15) is 35.3 Å². The zero-order valence-corrected chi connectivity index (χ0v) is 30.7. The summed E-state index contributed by atoms with van der Waals surface area (Å²) in [6.07, 6.45) is 3.32. The summed E-state index contributed by atoms with van der Waals surface area (Å²) in [6.45, 7) is 0.690. The second kappa shape index (κ2) is 15.1. The number of benzene rings is 2. The van der Waals surface area contributed by atoms with Gasteiger partial charge in [0, 0.05) is 13.1 Å². The van der Waals surface area contributed by atoms with Crippen LogP contribution in [0.25, 0.3) is 0 Å². The van der Waals surface area contributed by atoms with Crippen LogP contribution in [0.15, 0.2) is 48.5 Å². The fourth-order valence-corrected chi connectivity index (χ4v) is 10.5. The summed E-state index contributed by atoms with van der Waals surface area (Å²) in [5.74, 6) is -0.827. The van der Waals surface area contributed by atoms with E-state index in [4.69, 9.17) is 20.9 Å². The van der Waals surface area contributed by atoms with Gasteiger partial charge >= 0.3 is 0 Å². The summed E-state index contributed by atoms with van der Waals surface area (Å²) in [5.41, 5.74) is 12.8. The molecule has 0 aromatic heterocycles. The molecular formula is C34H46F2N6O8S2. The minimum absolute atomic E-state index is 0.0422. The monoisotopic (exact) mass is 768 g/mol. The summed E-state index contributed by atoms with van der Waals surface area (Å²) >= 11 is 0. The predicted molar refractivity (Wildman–Crippen MR) is 187 cm³/mol. The predicted octanol–water partition coefficient (Wildman–Crippen LogP) is 0.864. The third kappa shape index (κ3) is 8.06. The number of amides is 2. The number of fused-ring (bicyclic) bond motifs is 2. The zero-order chi connectivity index (χ0) is 37.5. The van der Waals surface area contributed by atoms with E-state index >= 15 is 0 Å². The van der Waals surface area contributed by atoms with E-state index in [0.717, 1.165) is 12.5 Å². The Morgan fingerprint density at radius 2 is 1.04 bits per heavy atom. The molecule has 4 aliphatic rings. The Labute approximate surface area is 303 Å². The molecule has 4 aliphatic heterocycles. The van der Waals surface area contributed by atoms with E-state index in [-0.39, 0.29) is 24.9 Å². The molecule has 2 unspecified atom stereocenters. The van der Waals surface area contributed by atoms with Gasteiger partial charge in [0.2, 0.25) is 31.9 Å². The van der Waals surface area contributed by atoms with Crippen LogP contribution in [-0.4, -0.2) is 134 Å². The Hall–Kier alpha value is -3.42. The van der Waals surface area contributed by atoms with Crippen molar-refractivity contribution in [1.82, 2.24) is 18.4 Å². The average molecular weight is 769 g/mol. The largest absolute Gasteiger partial charge is 0.487 e. The molecule has 0 radical (unpaired) electrons. The SMILES string of the molecule is CS(=O)(=O)N1C[C@H](Oc2ccc(F)cc2)[C@@H]2[C@H]1CCN2C(=O)C(N)CCCCC(N)C(=O)N1CC[C@@H]2[C@H]1[C@@H](Oc1ccc(F)cc1)CN2S(C)(=O)=O. The van der Waals surface area contributed by atoms with Gasteiger partial charge in [-0.05, 0) is 74.2 Å². The first-order chi connectivity index (χ1) is 24.5. The van der Waals surface area contributed by atoms with Gasteiger partial charge in [-0.1, -0.05) is 12.8 Å². The minimum Gasteiger partial charge on any atom is -0.487 e. The number of nitrogens with two attached hydrogens (primary N) is 2. The number of nitrogens with zero attached hydrogens (tertiary/aromatic N) is 4. The maximum Gasteiger partial charge on any atom is 0.239 e. The number of ether oxygens (including phenoxy) is 2. The first kappa shape index (κ1) is 38.3. The lowest BCUT2D eigenvalue weighted by atomic mass is 10.0. The number of carbonyl (C=O) groups excluding carboxylic acids is 2. The number of halogens is 2. The Kier molecular flexibility index (Phi) is 11.2. The summed E-state index contributed by atoms with van der Waals surface area (Å²) < 4.78 is 92.3. The molecule has 6 rings (SSSR count). The highest BCUT2D eigenvalue weighted by molar-refractivity contribution is 7.88. The van der Waals surface area contributed by atoms with E-state index in [1.54, 1.807) is 9.80 Å². The Bertz CT molecular complexity index is 1700. The topological polar surface area (TPSA) is 186 Å². The second-order valence-corrected chi connectivity index (χ2v) is 18.0. The number of rotatable bonds is 13. The molecule has 286 valence electrons. The minimum atomic E-state index is -3.60. The van der Waals surface area contributed by atoms with Crippen LogP contribution in [0.1, 0.15) is 38.5 Å². The average Bonchev–Trinajstić information content (AvgIpc) is 3.86. The van der Waals surface area contributed by atoms with Crippen molar-refractivity contribution in [2.75, 3.05) is 38.7 Å². The van der Waals surface area contributed by atoms with E-state index < -0.39 is 80.1 Å². The van der Waals surface area contributed by atoms with Crippen LogP contribution in [0.4, 0.5) is 8.78 Å². The molecule has 14 nitrogen and oxygen atoms in total. The van der Waals surface area contributed by atoms with Crippen LogP contribution in [0, 0.1) is 11.6 Å². The van der Waals surface area contributed by atoms with Crippen molar-refractivity contribution in [3.05, 3.63) is 60.2 Å². The zero-order valence-electron chi connectivity index (χ0n) is 29.1. The number of sulfonamides is 2. The van der Waals surface area contributed by atoms with Gasteiger partial charge in [0.15, 0.2) is 0 Å². The van der Waals surface area contributed by atoms with Gasteiger partial charge in [-0.3, -0.25) is 9.59 Å². The molecule has 4 N–H and O–H groups in total. The smallest absolute Gasteiger partial charge is 0.239 e. The van der Waals surface area contributed by atoms with Gasteiger partial charge in [-0.15, -0.1) is 0 Å². The van der Waals surface area contributed by atoms with Gasteiger partial charge in [0.25, 0.3) is 0 Å². The molecule has 4 heterocycles. The molecular weight excluding hydrogens is 723 g/mol. The van der Waals surface area contributed by atoms with E-state index in [1.165, 1.54) is 57.1 Å². The summed E-state index contributed by atoms with van der Waals surface area (Å²) in [4.78, 5) is 30.5. The van der Waals surface area contributed by atoms with Crippen LogP contribution in [0.3, 0.4) is 0 Å². The van der Waals surface area contributed by atoms with Crippen molar-refractivity contribution in [3.8, 4) is 11.5 Å².